The van der Waals surface area contributed by atoms with Crippen LogP contribution in [0.2, 0.25) is 10.0 Å². The third-order valence-corrected chi connectivity index (χ3v) is 11.1. The fraction of sp³-hybridized carbons (Fsp3) is 0.528. The molecule has 8 nitrogen and oxygen atoms in total. The molecular weight excluding hydrogens is 623 g/mol. The summed E-state index contributed by atoms with van der Waals surface area (Å²) in [6, 6.07) is 14.3. The normalized spacial score (nSPS) is 31.4. The van der Waals surface area contributed by atoms with Gasteiger partial charge in [-0.1, -0.05) is 99.3 Å². The van der Waals surface area contributed by atoms with E-state index in [9.17, 15) is 14.4 Å². The predicted molar refractivity (Wildman–Crippen MR) is 180 cm³/mol. The van der Waals surface area contributed by atoms with Crippen LogP contribution in [0.5, 0.6) is 0 Å². The summed E-state index contributed by atoms with van der Waals surface area (Å²) in [6.45, 7) is 9.37. The van der Waals surface area contributed by atoms with Crippen molar-refractivity contribution < 1.29 is 19.1 Å². The molecule has 1 saturated carbocycles. The smallest absolute Gasteiger partial charge is 0.246 e. The van der Waals surface area contributed by atoms with Crippen LogP contribution in [0.15, 0.2) is 60.7 Å². The number of ether oxygens (including phenoxy) is 1. The van der Waals surface area contributed by atoms with E-state index in [0.29, 0.717) is 40.5 Å². The number of rotatable bonds is 11. The van der Waals surface area contributed by atoms with E-state index in [4.69, 9.17) is 27.9 Å². The standard InChI is InChI=1S/C36H44Cl2N4O4/c1-4-41(21-24-11-6-5-7-12-24)16-9-17-42-32(34(44)40-28-13-8-10-22(2)23(28)3)36-15-14-29(46-36)30(31(36)35(42)45)33(43)39-27-19-25(37)18-26(38)20-27/h5-7,11-12,14-15,18-20,22-23,28-32H,4,8-10,13,16-17,21H2,1-3H3,(H,39,43)(H,40,44)/t22-,23+,28-,29+,30-,31+,32+,36+/m1/s1. The SMILES string of the molecule is CCN(CCCN1C(=O)[C@@H]2[C@H](C(=O)Nc3cc(Cl)cc(Cl)c3)[C@@H]3C=C[C@@]2(O3)[C@@H]1C(=O)N[C@@H]1CCC[C@@H](C)[C@@H]1C)Cc1ccccc1. The number of anilines is 1. The zero-order valence-corrected chi connectivity index (χ0v) is 28.3. The molecule has 246 valence electrons. The topological polar surface area (TPSA) is 91.0 Å². The van der Waals surface area contributed by atoms with Crippen molar-refractivity contribution in [3.63, 3.8) is 0 Å². The maximum absolute atomic E-state index is 14.4. The van der Waals surface area contributed by atoms with Crippen molar-refractivity contribution in [1.82, 2.24) is 15.1 Å². The molecule has 4 aliphatic rings. The summed E-state index contributed by atoms with van der Waals surface area (Å²) in [5, 5.41) is 7.02. The van der Waals surface area contributed by atoms with E-state index in [2.05, 4.69) is 48.4 Å². The number of hydrogen-bond donors (Lipinski definition) is 2. The Morgan fingerprint density at radius 2 is 1.80 bits per heavy atom. The first-order valence-electron chi connectivity index (χ1n) is 16.6. The van der Waals surface area contributed by atoms with Crippen LogP contribution in [0, 0.1) is 23.7 Å². The summed E-state index contributed by atoms with van der Waals surface area (Å²) in [6.07, 6.45) is 6.88. The van der Waals surface area contributed by atoms with Crippen molar-refractivity contribution in [3.8, 4) is 0 Å². The number of halogens is 2. The van der Waals surface area contributed by atoms with Crippen molar-refractivity contribution in [2.75, 3.05) is 25.0 Å². The van der Waals surface area contributed by atoms with Gasteiger partial charge in [-0.15, -0.1) is 0 Å². The van der Waals surface area contributed by atoms with Gasteiger partial charge in [-0.3, -0.25) is 19.3 Å². The number of likely N-dealkylation sites (tertiary alicyclic amines) is 1. The minimum absolute atomic E-state index is 0.0272. The van der Waals surface area contributed by atoms with E-state index in [-0.39, 0.29) is 23.8 Å². The van der Waals surface area contributed by atoms with E-state index in [1.54, 1.807) is 23.1 Å². The summed E-state index contributed by atoms with van der Waals surface area (Å²) in [5.41, 5.74) is 0.463. The molecule has 0 unspecified atom stereocenters. The molecular formula is C36H44Cl2N4O4. The van der Waals surface area contributed by atoms with Gasteiger partial charge in [0.05, 0.1) is 17.9 Å². The van der Waals surface area contributed by atoms with Gasteiger partial charge in [-0.05, 0) is 55.0 Å². The second-order valence-corrected chi connectivity index (χ2v) is 14.3. The third kappa shape index (κ3) is 6.34. The summed E-state index contributed by atoms with van der Waals surface area (Å²) in [4.78, 5) is 46.6. The first-order valence-corrected chi connectivity index (χ1v) is 17.4. The quantitative estimate of drug-likeness (QED) is 0.290. The van der Waals surface area contributed by atoms with Crippen LogP contribution in [-0.2, 0) is 25.7 Å². The minimum Gasteiger partial charge on any atom is -0.359 e. The van der Waals surface area contributed by atoms with E-state index >= 15 is 0 Å². The lowest BCUT2D eigenvalue weighted by Gasteiger charge is -2.38. The second kappa shape index (κ2) is 13.7. The molecule has 2 aromatic rings. The molecule has 6 rings (SSSR count). The molecule has 1 spiro atoms. The van der Waals surface area contributed by atoms with Gasteiger partial charge in [0.2, 0.25) is 17.7 Å². The zero-order chi connectivity index (χ0) is 32.6. The number of benzene rings is 2. The third-order valence-electron chi connectivity index (χ3n) is 10.7. The fourth-order valence-corrected chi connectivity index (χ4v) is 8.59. The minimum atomic E-state index is -1.21. The molecule has 46 heavy (non-hydrogen) atoms. The van der Waals surface area contributed by atoms with E-state index in [1.807, 2.05) is 30.4 Å². The van der Waals surface area contributed by atoms with Gasteiger partial charge in [0.1, 0.15) is 11.6 Å². The zero-order valence-electron chi connectivity index (χ0n) is 26.8. The molecule has 1 aliphatic carbocycles. The van der Waals surface area contributed by atoms with Crippen LogP contribution in [-0.4, -0.2) is 70.9 Å². The maximum atomic E-state index is 14.4. The van der Waals surface area contributed by atoms with Crippen LogP contribution in [0.4, 0.5) is 5.69 Å². The molecule has 10 heteroatoms. The van der Waals surface area contributed by atoms with Gasteiger partial charge in [0, 0.05) is 41.4 Å². The average Bonchev–Trinajstić information content (AvgIpc) is 3.66. The molecule has 0 aromatic heterocycles. The number of hydrogen-bond acceptors (Lipinski definition) is 5. The number of nitrogens with one attached hydrogen (secondary N) is 2. The van der Waals surface area contributed by atoms with Gasteiger partial charge in [0.15, 0.2) is 0 Å². The highest BCUT2D eigenvalue weighted by Gasteiger charge is 2.72. The second-order valence-electron chi connectivity index (χ2n) is 13.5. The molecule has 3 fully saturated rings. The molecule has 3 heterocycles. The Bertz CT molecular complexity index is 1470. The number of carbonyl (C=O) groups is 3. The maximum Gasteiger partial charge on any atom is 0.246 e. The van der Waals surface area contributed by atoms with Crippen LogP contribution in [0.1, 0.15) is 52.0 Å². The van der Waals surface area contributed by atoms with Crippen LogP contribution in [0.25, 0.3) is 0 Å². The van der Waals surface area contributed by atoms with Crippen LogP contribution < -0.4 is 10.6 Å². The van der Waals surface area contributed by atoms with Crippen molar-refractivity contribution in [3.05, 3.63) is 76.3 Å². The first-order chi connectivity index (χ1) is 22.1. The molecule has 3 amide bonds. The molecule has 2 saturated heterocycles. The lowest BCUT2D eigenvalue weighted by Crippen LogP contribution is -2.58. The Labute approximate surface area is 281 Å². The van der Waals surface area contributed by atoms with E-state index < -0.39 is 29.6 Å². The summed E-state index contributed by atoms with van der Waals surface area (Å²) in [5.74, 6) is -1.56. The highest BCUT2D eigenvalue weighted by Crippen LogP contribution is 2.55. The average molecular weight is 668 g/mol. The monoisotopic (exact) mass is 666 g/mol. The van der Waals surface area contributed by atoms with Crippen molar-refractivity contribution >= 4 is 46.6 Å². The van der Waals surface area contributed by atoms with Gasteiger partial charge in [-0.2, -0.15) is 0 Å². The Hall–Kier alpha value is -2.91. The number of fused-ring (bicyclic) bond motifs is 1. The van der Waals surface area contributed by atoms with Crippen molar-refractivity contribution in [2.45, 2.75) is 76.8 Å². The Kier molecular flexibility index (Phi) is 9.81. The van der Waals surface area contributed by atoms with Gasteiger partial charge in [0.25, 0.3) is 0 Å². The van der Waals surface area contributed by atoms with Crippen LogP contribution >= 0.6 is 23.2 Å². The lowest BCUT2D eigenvalue weighted by molar-refractivity contribution is -0.141. The van der Waals surface area contributed by atoms with Crippen LogP contribution in [0.3, 0.4) is 0 Å². The first kappa shape index (κ1) is 33.0. The molecule has 2 bridgehead atoms. The summed E-state index contributed by atoms with van der Waals surface area (Å²) >= 11 is 12.4. The van der Waals surface area contributed by atoms with Gasteiger partial charge < -0.3 is 20.3 Å². The summed E-state index contributed by atoms with van der Waals surface area (Å²) in [7, 11) is 0. The molecule has 2 N–H and O–H groups in total. The van der Waals surface area contributed by atoms with Gasteiger partial charge in [-0.25, -0.2) is 0 Å². The number of carbonyl (C=O) groups excluding carboxylic acids is 3. The lowest BCUT2D eigenvalue weighted by atomic mass is 9.73. The highest BCUT2D eigenvalue weighted by molar-refractivity contribution is 6.35. The molecule has 8 atom stereocenters. The Morgan fingerprint density at radius 3 is 2.52 bits per heavy atom. The van der Waals surface area contributed by atoms with E-state index in [1.165, 1.54) is 5.56 Å². The fourth-order valence-electron chi connectivity index (χ4n) is 8.06. The van der Waals surface area contributed by atoms with E-state index in [0.717, 1.165) is 38.9 Å². The molecule has 3 aliphatic heterocycles. The Morgan fingerprint density at radius 1 is 1.07 bits per heavy atom. The number of amides is 3. The molecule has 0 radical (unpaired) electrons. The molecule has 2 aromatic carbocycles. The summed E-state index contributed by atoms with van der Waals surface area (Å²) < 4.78 is 6.54. The Balaban J connectivity index is 1.24. The van der Waals surface area contributed by atoms with Crippen molar-refractivity contribution in [1.29, 1.82) is 0 Å². The number of nitrogens with zero attached hydrogens (tertiary/aromatic N) is 2. The highest BCUT2D eigenvalue weighted by atomic mass is 35.5. The largest absolute Gasteiger partial charge is 0.359 e. The predicted octanol–water partition coefficient (Wildman–Crippen LogP) is 5.94. The van der Waals surface area contributed by atoms with Gasteiger partial charge >= 0.3 is 0 Å². The van der Waals surface area contributed by atoms with Crippen molar-refractivity contribution in [2.24, 2.45) is 23.7 Å².